The molecule has 0 spiro atoms. The Morgan fingerprint density at radius 1 is 1.00 bits per heavy atom. The van der Waals surface area contributed by atoms with Gasteiger partial charge in [0, 0.05) is 17.2 Å². The first-order valence-corrected chi connectivity index (χ1v) is 9.56. The minimum Gasteiger partial charge on any atom is -0.508 e. The van der Waals surface area contributed by atoms with Gasteiger partial charge in [-0.05, 0) is 80.2 Å². The lowest BCUT2D eigenvalue weighted by molar-refractivity contribution is 0.193. The molecule has 0 aliphatic carbocycles. The normalized spacial score (nSPS) is 16.4. The molecule has 1 heterocycles. The van der Waals surface area contributed by atoms with Crippen LogP contribution in [0.2, 0.25) is 0 Å². The van der Waals surface area contributed by atoms with Crippen LogP contribution in [0, 0.1) is 11.7 Å². The van der Waals surface area contributed by atoms with E-state index < -0.39 is 0 Å². The molecular formula is C20H24FNOS. The molecule has 0 atom stereocenters. The lowest BCUT2D eigenvalue weighted by Gasteiger charge is -2.32. The van der Waals surface area contributed by atoms with Crippen LogP contribution >= 0.6 is 11.8 Å². The summed E-state index contributed by atoms with van der Waals surface area (Å²) < 4.78 is 13.0. The summed E-state index contributed by atoms with van der Waals surface area (Å²) in [4.78, 5) is 3.74. The van der Waals surface area contributed by atoms with Crippen molar-refractivity contribution >= 4 is 11.8 Å². The van der Waals surface area contributed by atoms with Crippen LogP contribution in [0.4, 0.5) is 4.39 Å². The molecule has 2 aromatic carbocycles. The third kappa shape index (κ3) is 5.25. The molecule has 1 N–H and O–H groups in total. The van der Waals surface area contributed by atoms with E-state index in [9.17, 15) is 9.50 Å². The predicted molar refractivity (Wildman–Crippen MR) is 98.1 cm³/mol. The number of nitrogens with zero attached hydrogens (tertiary/aromatic N) is 1. The Morgan fingerprint density at radius 3 is 2.33 bits per heavy atom. The van der Waals surface area contributed by atoms with Gasteiger partial charge in [-0.1, -0.05) is 12.1 Å². The van der Waals surface area contributed by atoms with Gasteiger partial charge in [0.05, 0.1) is 0 Å². The van der Waals surface area contributed by atoms with Gasteiger partial charge in [-0.3, -0.25) is 0 Å². The van der Waals surface area contributed by atoms with E-state index in [0.29, 0.717) is 5.75 Å². The quantitative estimate of drug-likeness (QED) is 0.775. The van der Waals surface area contributed by atoms with Crippen LogP contribution in [-0.2, 0) is 6.42 Å². The lowest BCUT2D eigenvalue weighted by atomic mass is 9.90. The summed E-state index contributed by atoms with van der Waals surface area (Å²) in [5.74, 6) is 1.96. The summed E-state index contributed by atoms with van der Waals surface area (Å²) in [6, 6.07) is 14.4. The van der Waals surface area contributed by atoms with Crippen molar-refractivity contribution in [2.75, 3.05) is 25.4 Å². The number of rotatable bonds is 6. The maximum Gasteiger partial charge on any atom is 0.123 e. The Balaban J connectivity index is 1.36. The fraction of sp³-hybridized carbons (Fsp3) is 0.400. The van der Waals surface area contributed by atoms with Gasteiger partial charge in [0.1, 0.15) is 11.6 Å². The third-order valence-corrected chi connectivity index (χ3v) is 5.65. The van der Waals surface area contributed by atoms with Gasteiger partial charge in [0.2, 0.25) is 0 Å². The highest BCUT2D eigenvalue weighted by atomic mass is 32.2. The molecule has 0 amide bonds. The largest absolute Gasteiger partial charge is 0.508 e. The first-order valence-electron chi connectivity index (χ1n) is 8.58. The summed E-state index contributed by atoms with van der Waals surface area (Å²) in [5, 5.41) is 9.29. The molecule has 1 saturated heterocycles. The maximum atomic E-state index is 13.0. The number of thioether (sulfide) groups is 1. The Hall–Kier alpha value is -1.52. The highest BCUT2D eigenvalue weighted by Crippen LogP contribution is 2.24. The van der Waals surface area contributed by atoms with Crippen molar-refractivity contribution in [3.8, 4) is 5.75 Å². The summed E-state index contributed by atoms with van der Waals surface area (Å²) in [6.07, 6.45) is 3.51. The Kier molecular flexibility index (Phi) is 6.16. The van der Waals surface area contributed by atoms with Crippen molar-refractivity contribution in [1.82, 2.24) is 4.90 Å². The van der Waals surface area contributed by atoms with Crippen molar-refractivity contribution in [1.29, 1.82) is 0 Å². The summed E-state index contributed by atoms with van der Waals surface area (Å²) in [5.41, 5.74) is 1.25. The number of hydrogen-bond acceptors (Lipinski definition) is 3. The minimum atomic E-state index is -0.153. The molecule has 0 saturated carbocycles. The fourth-order valence-electron chi connectivity index (χ4n) is 3.20. The number of benzene rings is 2. The zero-order chi connectivity index (χ0) is 16.8. The van der Waals surface area contributed by atoms with Crippen LogP contribution in [0.25, 0.3) is 0 Å². The van der Waals surface area contributed by atoms with Crippen LogP contribution < -0.4 is 0 Å². The fourth-order valence-corrected chi connectivity index (χ4v) is 4.12. The Labute approximate surface area is 147 Å². The summed E-state index contributed by atoms with van der Waals surface area (Å²) in [7, 11) is 0. The van der Waals surface area contributed by atoms with Gasteiger partial charge in [-0.2, -0.15) is 0 Å². The molecule has 0 radical (unpaired) electrons. The number of hydrogen-bond donors (Lipinski definition) is 1. The van der Waals surface area contributed by atoms with E-state index in [4.69, 9.17) is 0 Å². The molecule has 1 fully saturated rings. The van der Waals surface area contributed by atoms with Crippen molar-refractivity contribution in [2.24, 2.45) is 5.92 Å². The Bertz CT molecular complexity index is 621. The standard InChI is InChI=1S/C20H24FNOS/c21-18-3-1-16(2-4-18)15-17-9-11-22(12-10-17)13-14-24-20-7-5-19(23)6-8-20/h1-8,17,23H,9-15H2. The molecule has 0 bridgehead atoms. The minimum absolute atomic E-state index is 0.153. The van der Waals surface area contributed by atoms with Gasteiger partial charge in [0.25, 0.3) is 0 Å². The van der Waals surface area contributed by atoms with Crippen LogP contribution in [-0.4, -0.2) is 35.4 Å². The summed E-state index contributed by atoms with van der Waals surface area (Å²) >= 11 is 1.84. The van der Waals surface area contributed by atoms with E-state index in [-0.39, 0.29) is 5.82 Å². The average molecular weight is 345 g/mol. The number of likely N-dealkylation sites (tertiary alicyclic amines) is 1. The van der Waals surface area contributed by atoms with Gasteiger partial charge >= 0.3 is 0 Å². The highest BCUT2D eigenvalue weighted by Gasteiger charge is 2.19. The Morgan fingerprint density at radius 2 is 1.67 bits per heavy atom. The topological polar surface area (TPSA) is 23.5 Å². The van der Waals surface area contributed by atoms with Crippen LogP contribution in [0.5, 0.6) is 5.75 Å². The number of phenolic OH excluding ortho intramolecular Hbond substituents is 1. The molecular weight excluding hydrogens is 321 g/mol. The monoisotopic (exact) mass is 345 g/mol. The smallest absolute Gasteiger partial charge is 0.123 e. The number of piperidine rings is 1. The third-order valence-electron chi connectivity index (χ3n) is 4.66. The molecule has 1 aliphatic rings. The van der Waals surface area contributed by atoms with Gasteiger partial charge in [0.15, 0.2) is 0 Å². The zero-order valence-corrected chi connectivity index (χ0v) is 14.6. The van der Waals surface area contributed by atoms with E-state index in [1.165, 1.54) is 23.3 Å². The second-order valence-electron chi connectivity index (χ2n) is 6.46. The number of phenols is 1. The van der Waals surface area contributed by atoms with Crippen molar-refractivity contribution < 1.29 is 9.50 Å². The SMILES string of the molecule is Oc1ccc(SCCN2CCC(Cc3ccc(F)cc3)CC2)cc1. The highest BCUT2D eigenvalue weighted by molar-refractivity contribution is 7.99. The second-order valence-corrected chi connectivity index (χ2v) is 7.63. The van der Waals surface area contributed by atoms with E-state index in [1.807, 2.05) is 36.0 Å². The van der Waals surface area contributed by atoms with Gasteiger partial charge in [-0.15, -0.1) is 11.8 Å². The molecule has 24 heavy (non-hydrogen) atoms. The molecule has 4 heteroatoms. The van der Waals surface area contributed by atoms with Crippen molar-refractivity contribution in [3.05, 3.63) is 59.9 Å². The van der Waals surface area contributed by atoms with Gasteiger partial charge < -0.3 is 10.0 Å². The first kappa shape index (κ1) is 17.3. The predicted octanol–water partition coefficient (Wildman–Crippen LogP) is 4.58. The van der Waals surface area contributed by atoms with Gasteiger partial charge in [-0.25, -0.2) is 4.39 Å². The second kappa shape index (κ2) is 8.54. The maximum absolute atomic E-state index is 13.0. The van der Waals surface area contributed by atoms with E-state index in [2.05, 4.69) is 4.90 Å². The van der Waals surface area contributed by atoms with E-state index in [1.54, 1.807) is 24.3 Å². The van der Waals surface area contributed by atoms with E-state index >= 15 is 0 Å². The van der Waals surface area contributed by atoms with Crippen LogP contribution in [0.15, 0.2) is 53.4 Å². The molecule has 2 nitrogen and oxygen atoms in total. The van der Waals surface area contributed by atoms with E-state index in [0.717, 1.165) is 37.7 Å². The molecule has 0 aromatic heterocycles. The van der Waals surface area contributed by atoms with Crippen LogP contribution in [0.3, 0.4) is 0 Å². The zero-order valence-electron chi connectivity index (χ0n) is 13.8. The molecule has 3 rings (SSSR count). The van der Waals surface area contributed by atoms with Crippen LogP contribution in [0.1, 0.15) is 18.4 Å². The molecule has 128 valence electrons. The molecule has 2 aromatic rings. The first-order chi connectivity index (χ1) is 11.7. The lowest BCUT2D eigenvalue weighted by Crippen LogP contribution is -2.35. The van der Waals surface area contributed by atoms with Crippen molar-refractivity contribution in [2.45, 2.75) is 24.2 Å². The summed E-state index contributed by atoms with van der Waals surface area (Å²) in [6.45, 7) is 3.42. The number of aromatic hydroxyl groups is 1. The average Bonchev–Trinajstić information content (AvgIpc) is 2.60. The van der Waals surface area contributed by atoms with Crippen molar-refractivity contribution in [3.63, 3.8) is 0 Å². The molecule has 0 unspecified atom stereocenters. The molecule has 1 aliphatic heterocycles. The number of halogens is 1.